The average molecular weight is 430 g/mol. The van der Waals surface area contributed by atoms with Crippen LogP contribution >= 0.6 is 0 Å². The zero-order valence-electron chi connectivity index (χ0n) is 18.2. The molecular weight excluding hydrogens is 402 g/mol. The lowest BCUT2D eigenvalue weighted by molar-refractivity contribution is -0.132. The van der Waals surface area contributed by atoms with Crippen LogP contribution in [0.4, 0.5) is 0 Å². The smallest absolute Gasteiger partial charge is 0.269 e. The summed E-state index contributed by atoms with van der Waals surface area (Å²) in [6.07, 6.45) is 2.29. The molecule has 0 bridgehead atoms. The second-order valence-electron chi connectivity index (χ2n) is 7.96. The first-order chi connectivity index (χ1) is 15.6. The van der Waals surface area contributed by atoms with Gasteiger partial charge < -0.3 is 4.90 Å². The molecule has 0 spiro atoms. The Kier molecular flexibility index (Phi) is 6.75. The maximum Gasteiger partial charge on any atom is 0.269 e. The van der Waals surface area contributed by atoms with Gasteiger partial charge in [0.2, 0.25) is 5.91 Å². The molecule has 0 unspecified atom stereocenters. The first kappa shape index (κ1) is 21.5. The van der Waals surface area contributed by atoms with Gasteiger partial charge in [0.25, 0.3) is 5.91 Å². The molecule has 0 fully saturated rings. The molecule has 2 heterocycles. The van der Waals surface area contributed by atoms with Crippen LogP contribution in [0.15, 0.2) is 71.8 Å². The molecule has 2 amide bonds. The minimum Gasteiger partial charge on any atom is -0.341 e. The summed E-state index contributed by atoms with van der Waals surface area (Å²) in [7, 11) is 1.78. The molecule has 3 aromatic rings. The van der Waals surface area contributed by atoms with E-state index in [1.54, 1.807) is 11.9 Å². The lowest BCUT2D eigenvalue weighted by Crippen LogP contribution is -2.40. The normalized spacial score (nSPS) is 13.7. The van der Waals surface area contributed by atoms with Gasteiger partial charge in [-0.05, 0) is 24.5 Å². The fraction of sp³-hybridized carbons (Fsp3) is 0.280. The van der Waals surface area contributed by atoms with E-state index >= 15 is 0 Å². The number of carbonyl (C=O) groups excluding carboxylic acids is 2. The van der Waals surface area contributed by atoms with Gasteiger partial charge in [-0.1, -0.05) is 60.7 Å². The second kappa shape index (κ2) is 10.0. The Morgan fingerprint density at radius 1 is 1.06 bits per heavy atom. The van der Waals surface area contributed by atoms with Crippen molar-refractivity contribution in [1.29, 1.82) is 0 Å². The number of amides is 2. The van der Waals surface area contributed by atoms with Crippen molar-refractivity contribution in [3.05, 3.63) is 78.0 Å². The molecule has 4 rings (SSSR count). The third kappa shape index (κ3) is 5.29. The number of aryl methyl sites for hydroxylation is 1. The molecule has 0 saturated heterocycles. The molecule has 1 aliphatic rings. The Labute approximate surface area is 187 Å². The van der Waals surface area contributed by atoms with Crippen molar-refractivity contribution in [3.63, 3.8) is 0 Å². The Morgan fingerprint density at radius 2 is 1.78 bits per heavy atom. The van der Waals surface area contributed by atoms with E-state index < -0.39 is 0 Å². The van der Waals surface area contributed by atoms with Crippen molar-refractivity contribution in [1.82, 2.24) is 20.1 Å². The van der Waals surface area contributed by atoms with E-state index in [0.29, 0.717) is 31.6 Å². The van der Waals surface area contributed by atoms with E-state index in [-0.39, 0.29) is 11.8 Å². The molecule has 2 aromatic carbocycles. The first-order valence-electron chi connectivity index (χ1n) is 10.9. The lowest BCUT2D eigenvalue weighted by Gasteiger charge is -2.25. The molecule has 0 radical (unpaired) electrons. The number of rotatable bonds is 8. The van der Waals surface area contributed by atoms with E-state index in [1.807, 2.05) is 60.7 Å². The summed E-state index contributed by atoms with van der Waals surface area (Å²) in [5.41, 5.74) is 4.47. The molecule has 0 atom stereocenters. The van der Waals surface area contributed by atoms with Crippen LogP contribution in [0.2, 0.25) is 0 Å². The number of hydrazone groups is 1. The maximum absolute atomic E-state index is 12.9. The summed E-state index contributed by atoms with van der Waals surface area (Å²) >= 11 is 0. The van der Waals surface area contributed by atoms with Crippen LogP contribution in [0.5, 0.6) is 0 Å². The Hall–Kier alpha value is -3.74. The van der Waals surface area contributed by atoms with Crippen LogP contribution in [0, 0.1) is 0 Å². The van der Waals surface area contributed by atoms with E-state index in [1.165, 1.54) is 5.01 Å². The molecule has 7 heteroatoms. The van der Waals surface area contributed by atoms with Gasteiger partial charge in [-0.25, -0.2) is 5.01 Å². The van der Waals surface area contributed by atoms with E-state index in [4.69, 9.17) is 0 Å². The van der Waals surface area contributed by atoms with E-state index in [9.17, 15) is 9.59 Å². The van der Waals surface area contributed by atoms with Crippen molar-refractivity contribution in [2.75, 3.05) is 13.6 Å². The fourth-order valence-corrected chi connectivity index (χ4v) is 3.71. The summed E-state index contributed by atoms with van der Waals surface area (Å²) < 4.78 is 0. The van der Waals surface area contributed by atoms with Crippen LogP contribution in [-0.4, -0.2) is 51.2 Å². The van der Waals surface area contributed by atoms with Crippen molar-refractivity contribution >= 4 is 17.5 Å². The van der Waals surface area contributed by atoms with Crippen molar-refractivity contribution in [2.24, 2.45) is 5.10 Å². The molecule has 7 nitrogen and oxygen atoms in total. The van der Waals surface area contributed by atoms with Crippen molar-refractivity contribution in [2.45, 2.75) is 32.2 Å². The van der Waals surface area contributed by atoms with Gasteiger partial charge >= 0.3 is 0 Å². The van der Waals surface area contributed by atoms with Gasteiger partial charge in [-0.3, -0.25) is 14.7 Å². The number of hydrogen-bond acceptors (Lipinski definition) is 4. The highest BCUT2D eigenvalue weighted by Gasteiger charge is 2.26. The summed E-state index contributed by atoms with van der Waals surface area (Å²) in [4.78, 5) is 26.8. The number of aromatic nitrogens is 2. The van der Waals surface area contributed by atoms with Crippen LogP contribution in [0.1, 0.15) is 30.5 Å². The van der Waals surface area contributed by atoms with Gasteiger partial charge in [-0.2, -0.15) is 10.2 Å². The summed E-state index contributed by atoms with van der Waals surface area (Å²) in [5, 5.41) is 13.3. The zero-order chi connectivity index (χ0) is 22.3. The largest absolute Gasteiger partial charge is 0.341 e. The summed E-state index contributed by atoms with van der Waals surface area (Å²) in [6.45, 7) is 0.980. The van der Waals surface area contributed by atoms with Gasteiger partial charge in [0, 0.05) is 37.7 Å². The van der Waals surface area contributed by atoms with Gasteiger partial charge in [0.1, 0.15) is 5.71 Å². The predicted octanol–water partition coefficient (Wildman–Crippen LogP) is 3.65. The zero-order valence-corrected chi connectivity index (χ0v) is 18.2. The topological polar surface area (TPSA) is 81.7 Å². The van der Waals surface area contributed by atoms with Crippen LogP contribution < -0.4 is 0 Å². The number of nitrogens with zero attached hydrogens (tertiary/aromatic N) is 4. The number of nitrogens with one attached hydrogen (secondary N) is 1. The summed E-state index contributed by atoms with van der Waals surface area (Å²) in [5.74, 6) is -0.174. The number of carbonyl (C=O) groups is 2. The van der Waals surface area contributed by atoms with Crippen molar-refractivity contribution < 1.29 is 9.59 Å². The number of benzene rings is 2. The maximum atomic E-state index is 12.9. The molecule has 0 aliphatic carbocycles. The molecule has 1 aromatic heterocycles. The predicted molar refractivity (Wildman–Crippen MR) is 124 cm³/mol. The molecule has 0 saturated carbocycles. The standard InChI is InChI=1S/C25H27N5O2/c1-29(16-8-13-21-17-23(27-26-21)20-11-6-3-7-12-20)25(32)22-14-15-24(31)30(28-22)18-19-9-4-2-5-10-19/h2-7,9-12,17H,8,13-16,18H2,1H3,(H,26,27). The highest BCUT2D eigenvalue weighted by molar-refractivity contribution is 6.39. The van der Waals surface area contributed by atoms with Gasteiger partial charge in [0.05, 0.1) is 12.2 Å². The quantitative estimate of drug-likeness (QED) is 0.593. The van der Waals surface area contributed by atoms with Crippen LogP contribution in [0.3, 0.4) is 0 Å². The lowest BCUT2D eigenvalue weighted by atomic mass is 10.1. The van der Waals surface area contributed by atoms with Gasteiger partial charge in [-0.15, -0.1) is 0 Å². The molecule has 32 heavy (non-hydrogen) atoms. The third-order valence-electron chi connectivity index (χ3n) is 5.51. The molecule has 1 N–H and O–H groups in total. The van der Waals surface area contributed by atoms with E-state index in [0.717, 1.165) is 35.4 Å². The highest BCUT2D eigenvalue weighted by atomic mass is 16.2. The second-order valence-corrected chi connectivity index (χ2v) is 7.96. The van der Waals surface area contributed by atoms with Crippen molar-refractivity contribution in [3.8, 4) is 11.3 Å². The first-order valence-corrected chi connectivity index (χ1v) is 10.9. The summed E-state index contributed by atoms with van der Waals surface area (Å²) in [6, 6.07) is 21.8. The minimum absolute atomic E-state index is 0.0541. The molecule has 1 aliphatic heterocycles. The Balaban J connectivity index is 1.31. The Bertz CT molecular complexity index is 1090. The number of aromatic amines is 1. The minimum atomic E-state index is -0.120. The number of hydrogen-bond donors (Lipinski definition) is 1. The molecular formula is C25H27N5O2. The van der Waals surface area contributed by atoms with Crippen LogP contribution in [-0.2, 0) is 22.6 Å². The van der Waals surface area contributed by atoms with E-state index in [2.05, 4.69) is 21.4 Å². The third-order valence-corrected chi connectivity index (χ3v) is 5.51. The Morgan fingerprint density at radius 3 is 2.53 bits per heavy atom. The molecule has 164 valence electrons. The average Bonchev–Trinajstić information content (AvgIpc) is 3.30. The monoisotopic (exact) mass is 429 g/mol. The SMILES string of the molecule is CN(CCCc1cc(-c2ccccc2)n[nH]1)C(=O)C1=NN(Cc2ccccc2)C(=O)CC1. The highest BCUT2D eigenvalue weighted by Crippen LogP contribution is 2.18. The fourth-order valence-electron chi connectivity index (χ4n) is 3.71. The number of H-pyrrole nitrogens is 1. The van der Waals surface area contributed by atoms with Gasteiger partial charge in [0.15, 0.2) is 0 Å². The van der Waals surface area contributed by atoms with Crippen LogP contribution in [0.25, 0.3) is 11.3 Å².